The van der Waals surface area contributed by atoms with Crippen molar-refractivity contribution in [2.45, 2.75) is 6.61 Å². The summed E-state index contributed by atoms with van der Waals surface area (Å²) in [4.78, 5) is 34.2. The SMILES string of the molecule is COc1cc(C=C2C(=O)NC(=S)NC2=O)cc(Cl)c1OCc1ccc([N+](=O)[O-])cc1. The van der Waals surface area contributed by atoms with Crippen molar-refractivity contribution in [1.29, 1.82) is 0 Å². The summed E-state index contributed by atoms with van der Waals surface area (Å²) in [5.41, 5.74) is 0.966. The second kappa shape index (κ2) is 8.89. The minimum Gasteiger partial charge on any atom is -0.493 e. The van der Waals surface area contributed by atoms with Crippen LogP contribution in [0.4, 0.5) is 5.69 Å². The van der Waals surface area contributed by atoms with Crippen LogP contribution >= 0.6 is 23.8 Å². The van der Waals surface area contributed by atoms with Gasteiger partial charge in [0.1, 0.15) is 12.2 Å². The van der Waals surface area contributed by atoms with Gasteiger partial charge in [0, 0.05) is 12.1 Å². The van der Waals surface area contributed by atoms with Crippen LogP contribution in [0.5, 0.6) is 11.5 Å². The highest BCUT2D eigenvalue weighted by atomic mass is 35.5. The smallest absolute Gasteiger partial charge is 0.269 e. The molecule has 3 rings (SSSR count). The van der Waals surface area contributed by atoms with Crippen molar-refractivity contribution in [2.24, 2.45) is 0 Å². The molecule has 30 heavy (non-hydrogen) atoms. The van der Waals surface area contributed by atoms with Crippen molar-refractivity contribution < 1.29 is 24.0 Å². The number of nitrogens with zero attached hydrogens (tertiary/aromatic N) is 1. The van der Waals surface area contributed by atoms with E-state index in [2.05, 4.69) is 10.6 Å². The van der Waals surface area contributed by atoms with Gasteiger partial charge in [-0.25, -0.2) is 0 Å². The Balaban J connectivity index is 1.83. The van der Waals surface area contributed by atoms with Gasteiger partial charge in [0.05, 0.1) is 17.1 Å². The Morgan fingerprint density at radius 2 is 1.80 bits per heavy atom. The summed E-state index contributed by atoms with van der Waals surface area (Å²) in [6, 6.07) is 8.95. The topological polar surface area (TPSA) is 120 Å². The Bertz CT molecular complexity index is 1060. The average Bonchev–Trinajstić information content (AvgIpc) is 2.69. The number of nitro benzene ring substituents is 1. The summed E-state index contributed by atoms with van der Waals surface area (Å²) in [6.07, 6.45) is 1.35. The Labute approximate surface area is 180 Å². The summed E-state index contributed by atoms with van der Waals surface area (Å²) in [5.74, 6) is -0.725. The first-order chi connectivity index (χ1) is 14.3. The fraction of sp³-hybridized carbons (Fsp3) is 0.105. The van der Waals surface area contributed by atoms with E-state index in [9.17, 15) is 19.7 Å². The van der Waals surface area contributed by atoms with Crippen LogP contribution in [0.2, 0.25) is 5.02 Å². The largest absolute Gasteiger partial charge is 0.493 e. The van der Waals surface area contributed by atoms with E-state index in [-0.39, 0.29) is 39.5 Å². The highest BCUT2D eigenvalue weighted by Gasteiger charge is 2.26. The third-order valence-electron chi connectivity index (χ3n) is 4.04. The van der Waals surface area contributed by atoms with Gasteiger partial charge in [-0.05, 0) is 53.7 Å². The Hall–Kier alpha value is -3.50. The molecule has 9 nitrogen and oxygen atoms in total. The first kappa shape index (κ1) is 21.2. The van der Waals surface area contributed by atoms with E-state index in [1.165, 1.54) is 31.4 Å². The molecule has 1 saturated heterocycles. The fourth-order valence-electron chi connectivity index (χ4n) is 2.61. The number of nitrogens with one attached hydrogen (secondary N) is 2. The molecular formula is C19H14ClN3O6S. The number of hydrogen-bond donors (Lipinski definition) is 2. The lowest BCUT2D eigenvalue weighted by atomic mass is 10.1. The predicted octanol–water partition coefficient (Wildman–Crippen LogP) is 2.75. The van der Waals surface area contributed by atoms with Gasteiger partial charge in [0.15, 0.2) is 16.6 Å². The molecule has 1 heterocycles. The summed E-state index contributed by atoms with van der Waals surface area (Å²) in [7, 11) is 1.42. The number of nitro groups is 1. The van der Waals surface area contributed by atoms with Crippen LogP contribution in [-0.2, 0) is 16.2 Å². The molecule has 0 spiro atoms. The number of ether oxygens (including phenoxy) is 2. The van der Waals surface area contributed by atoms with Gasteiger partial charge < -0.3 is 9.47 Å². The Kier molecular flexibility index (Phi) is 6.28. The fourth-order valence-corrected chi connectivity index (χ4v) is 3.06. The molecule has 11 heteroatoms. The van der Waals surface area contributed by atoms with E-state index in [0.717, 1.165) is 0 Å². The summed E-state index contributed by atoms with van der Waals surface area (Å²) >= 11 is 11.1. The molecule has 0 saturated carbocycles. The zero-order chi connectivity index (χ0) is 21.8. The third-order valence-corrected chi connectivity index (χ3v) is 4.52. The van der Waals surface area contributed by atoms with Crippen LogP contribution in [0, 0.1) is 10.1 Å². The molecule has 1 fully saturated rings. The van der Waals surface area contributed by atoms with Crippen molar-refractivity contribution in [3.63, 3.8) is 0 Å². The molecule has 0 aromatic heterocycles. The van der Waals surface area contributed by atoms with E-state index in [1.807, 2.05) is 0 Å². The summed E-state index contributed by atoms with van der Waals surface area (Å²) in [6.45, 7) is 0.0940. The van der Waals surface area contributed by atoms with E-state index in [0.29, 0.717) is 11.1 Å². The number of amides is 2. The van der Waals surface area contributed by atoms with Crippen LogP contribution < -0.4 is 20.1 Å². The zero-order valence-electron chi connectivity index (χ0n) is 15.4. The summed E-state index contributed by atoms with van der Waals surface area (Å²) < 4.78 is 11.0. The van der Waals surface area contributed by atoms with Crippen molar-refractivity contribution in [3.8, 4) is 11.5 Å². The molecule has 2 aromatic rings. The minimum absolute atomic E-state index is 0.0247. The maximum atomic E-state index is 12.0. The average molecular weight is 448 g/mol. The number of rotatable bonds is 6. The lowest BCUT2D eigenvalue weighted by Gasteiger charge is -2.17. The van der Waals surface area contributed by atoms with E-state index >= 15 is 0 Å². The minimum atomic E-state index is -0.627. The second-order valence-corrected chi connectivity index (χ2v) is 6.86. The molecule has 1 aliphatic rings. The number of hydrogen-bond acceptors (Lipinski definition) is 7. The first-order valence-electron chi connectivity index (χ1n) is 8.40. The van der Waals surface area contributed by atoms with Crippen LogP contribution in [0.15, 0.2) is 42.0 Å². The number of non-ortho nitro benzene ring substituents is 1. The van der Waals surface area contributed by atoms with Gasteiger partial charge in [-0.15, -0.1) is 0 Å². The van der Waals surface area contributed by atoms with Crippen molar-refractivity contribution in [2.75, 3.05) is 7.11 Å². The third kappa shape index (κ3) is 4.73. The van der Waals surface area contributed by atoms with E-state index in [4.69, 9.17) is 33.3 Å². The zero-order valence-corrected chi connectivity index (χ0v) is 17.0. The Morgan fingerprint density at radius 1 is 1.17 bits per heavy atom. The lowest BCUT2D eigenvalue weighted by molar-refractivity contribution is -0.384. The van der Waals surface area contributed by atoms with Crippen LogP contribution in [-0.4, -0.2) is 29.0 Å². The normalized spacial score (nSPS) is 13.4. The summed E-state index contributed by atoms with van der Waals surface area (Å²) in [5, 5.41) is 15.5. The molecule has 0 bridgehead atoms. The number of halogens is 1. The van der Waals surface area contributed by atoms with Crippen molar-refractivity contribution in [3.05, 3.63) is 68.2 Å². The molecular weight excluding hydrogens is 434 g/mol. The maximum Gasteiger partial charge on any atom is 0.269 e. The van der Waals surface area contributed by atoms with Gasteiger partial charge in [0.25, 0.3) is 17.5 Å². The highest BCUT2D eigenvalue weighted by Crippen LogP contribution is 2.37. The molecule has 0 atom stereocenters. The molecule has 0 aliphatic carbocycles. The standard InChI is InChI=1S/C19H14ClN3O6S/c1-28-15-8-11(6-13-17(24)21-19(30)22-18(13)25)7-14(20)16(15)29-9-10-2-4-12(5-3-10)23(26)27/h2-8H,9H2,1H3,(H2,21,22,24,25,30). The molecule has 0 unspecified atom stereocenters. The monoisotopic (exact) mass is 447 g/mol. The lowest BCUT2D eigenvalue weighted by Crippen LogP contribution is -2.51. The van der Waals surface area contributed by atoms with Gasteiger partial charge >= 0.3 is 0 Å². The number of benzene rings is 2. The Morgan fingerprint density at radius 3 is 2.37 bits per heavy atom. The molecule has 154 valence electrons. The maximum absolute atomic E-state index is 12.0. The number of carbonyl (C=O) groups excluding carboxylic acids is 2. The second-order valence-electron chi connectivity index (χ2n) is 6.04. The molecule has 2 aromatic carbocycles. The first-order valence-corrected chi connectivity index (χ1v) is 9.19. The van der Waals surface area contributed by atoms with Gasteiger partial charge in [-0.2, -0.15) is 0 Å². The molecule has 2 amide bonds. The van der Waals surface area contributed by atoms with Gasteiger partial charge in [-0.1, -0.05) is 11.6 Å². The number of methoxy groups -OCH3 is 1. The van der Waals surface area contributed by atoms with Crippen LogP contribution in [0.3, 0.4) is 0 Å². The number of thiocarbonyl (C=S) groups is 1. The predicted molar refractivity (Wildman–Crippen MR) is 112 cm³/mol. The number of carbonyl (C=O) groups is 2. The van der Waals surface area contributed by atoms with E-state index in [1.54, 1.807) is 18.2 Å². The quantitative estimate of drug-likeness (QED) is 0.230. The van der Waals surface area contributed by atoms with Crippen molar-refractivity contribution >= 4 is 52.5 Å². The van der Waals surface area contributed by atoms with Gasteiger partial charge in [-0.3, -0.25) is 30.3 Å². The van der Waals surface area contributed by atoms with Crippen molar-refractivity contribution in [1.82, 2.24) is 10.6 Å². The highest BCUT2D eigenvalue weighted by molar-refractivity contribution is 7.80. The van der Waals surface area contributed by atoms with Crippen LogP contribution in [0.1, 0.15) is 11.1 Å². The van der Waals surface area contributed by atoms with E-state index < -0.39 is 16.7 Å². The molecule has 0 radical (unpaired) electrons. The molecule has 2 N–H and O–H groups in total. The van der Waals surface area contributed by atoms with Crippen LogP contribution in [0.25, 0.3) is 6.08 Å². The van der Waals surface area contributed by atoms with Gasteiger partial charge in [0.2, 0.25) is 0 Å². The molecule has 1 aliphatic heterocycles.